The molecule has 0 unspecified atom stereocenters. The van der Waals surface area contributed by atoms with Gasteiger partial charge in [0, 0.05) is 95.7 Å². The van der Waals surface area contributed by atoms with Crippen LogP contribution >= 0.6 is 0 Å². The molecular formula is C99H96F6N12O9. The maximum absolute atomic E-state index is 14.2. The summed E-state index contributed by atoms with van der Waals surface area (Å²) in [6.07, 6.45) is 9.70. The molecule has 21 nitrogen and oxygen atoms in total. The highest BCUT2D eigenvalue weighted by Crippen LogP contribution is 2.41. The number of nitrogens with zero attached hydrogens (tertiary/aromatic N) is 3. The number of ether oxygens (including phenoxy) is 6. The average Bonchev–Trinajstić information content (AvgIpc) is 1.16. The van der Waals surface area contributed by atoms with Crippen molar-refractivity contribution in [2.24, 2.45) is 0 Å². The van der Waals surface area contributed by atoms with Crippen molar-refractivity contribution in [1.29, 1.82) is 0 Å². The van der Waals surface area contributed by atoms with E-state index in [4.69, 9.17) is 28.4 Å². The normalized spacial score (nSPS) is 18.2. The number of aromatic nitrogens is 3. The van der Waals surface area contributed by atoms with Crippen molar-refractivity contribution in [2.45, 2.75) is 95.9 Å². The van der Waals surface area contributed by atoms with Gasteiger partial charge in [-0.3, -0.25) is 14.4 Å². The summed E-state index contributed by atoms with van der Waals surface area (Å²) < 4.78 is 121. The Morgan fingerprint density at radius 3 is 1.04 bits per heavy atom. The molecule has 0 aliphatic carbocycles. The van der Waals surface area contributed by atoms with Gasteiger partial charge in [-0.25, -0.2) is 41.3 Å². The number of halogens is 6. The summed E-state index contributed by atoms with van der Waals surface area (Å²) in [6.45, 7) is 15.0. The molecule has 9 aromatic carbocycles. The van der Waals surface area contributed by atoms with Crippen LogP contribution in [-0.2, 0) is 0 Å². The van der Waals surface area contributed by atoms with Gasteiger partial charge in [0.2, 0.25) is 17.6 Å². The van der Waals surface area contributed by atoms with Crippen molar-refractivity contribution in [3.63, 3.8) is 0 Å². The number of benzene rings is 9. The fraction of sp³-hybridized carbons (Fsp3) is 0.273. The lowest BCUT2D eigenvalue weighted by Gasteiger charge is -2.19. The van der Waals surface area contributed by atoms with Gasteiger partial charge >= 0.3 is 0 Å². The number of anilines is 3. The quantitative estimate of drug-likeness (QED) is 0.0255. The second-order valence-corrected chi connectivity index (χ2v) is 32.1. The maximum Gasteiger partial charge on any atom is 0.257 e. The van der Waals surface area contributed by atoms with E-state index in [2.05, 4.69) is 68.9 Å². The number of nitrogens with one attached hydrogen (secondary N) is 9. The Morgan fingerprint density at radius 2 is 0.635 bits per heavy atom. The highest BCUT2D eigenvalue weighted by molar-refractivity contribution is 6.07. The van der Waals surface area contributed by atoms with Crippen LogP contribution in [0.2, 0.25) is 0 Å². The van der Waals surface area contributed by atoms with Gasteiger partial charge in [0.1, 0.15) is 77.1 Å². The van der Waals surface area contributed by atoms with Gasteiger partial charge in [-0.1, -0.05) is 72.3 Å². The van der Waals surface area contributed by atoms with Crippen LogP contribution in [0.25, 0.3) is 66.8 Å². The van der Waals surface area contributed by atoms with Crippen LogP contribution in [0.1, 0.15) is 86.3 Å². The van der Waals surface area contributed by atoms with Gasteiger partial charge in [0.15, 0.2) is 11.6 Å². The van der Waals surface area contributed by atoms with Crippen LogP contribution < -0.4 is 76.3 Å². The van der Waals surface area contributed by atoms with Crippen LogP contribution in [0.4, 0.5) is 43.4 Å². The van der Waals surface area contributed by atoms with E-state index in [9.17, 15) is 40.7 Å². The molecule has 12 aromatic rings. The van der Waals surface area contributed by atoms with E-state index in [-0.39, 0.29) is 71.7 Å². The third kappa shape index (κ3) is 21.8. The Kier molecular flexibility index (Phi) is 27.7. The Hall–Kier alpha value is -13.0. The maximum atomic E-state index is 14.2. The average molecular weight is 1710 g/mol. The monoisotopic (exact) mass is 1710 g/mol. The molecule has 0 saturated carbocycles. The van der Waals surface area contributed by atoms with E-state index in [0.29, 0.717) is 138 Å². The number of amides is 3. The number of aryl methyl sites for hydroxylation is 3. The number of carbonyl (C=O) groups is 3. The first-order chi connectivity index (χ1) is 61.3. The van der Waals surface area contributed by atoms with Crippen LogP contribution in [0.3, 0.4) is 0 Å². The van der Waals surface area contributed by atoms with Gasteiger partial charge in [0.05, 0.1) is 29.3 Å². The van der Waals surface area contributed by atoms with Crippen molar-refractivity contribution >= 4 is 34.8 Å². The summed E-state index contributed by atoms with van der Waals surface area (Å²) in [6, 6.07) is 54.8. The zero-order chi connectivity index (χ0) is 87.2. The van der Waals surface area contributed by atoms with E-state index in [1.165, 1.54) is 54.9 Å². The van der Waals surface area contributed by atoms with Gasteiger partial charge in [-0.2, -0.15) is 0 Å². The standard InChI is InChI=1S/C34H33F2N3O3.C33H32F2N4O3.C32H31F2N5O3/c1-21-3-2-4-22(15-21)29-18-25(7-10-33(29)42-27-12-14-38-20-27)39-34(40)24-6-9-32(41-26-11-13-37-19-26)28(16-24)23-5-8-30(35)31(36)17-23;1-20-14-22(4-8-30(20)35)28-15-23(5-9-31(28)41-26-10-12-36-18-26)32(40)39-25-16-29(21-2-6-24(34)7-3-21)33(38-17-25)42-27-11-13-37-19-27;1-19-12-21(4-7-29(19)34)27-13-22(15-37-31(27)41-25-8-10-35-17-25)30(40)39-24-14-28(20-2-5-23(33)6-3-20)32(38-16-24)42-26-9-11-36-18-26/h2-10,15-18,26-27,37-38H,11-14,19-20H2,1H3,(H,39,40);2-9,14-17,26-27,36-37H,10-13,18-19H2,1H3,(H,39,40);2-7,12-16,25-26,35-36H,8-11,17-18H2,1H3,(H,39,40)/t2*26-,27-;25-,26-/m000/s1. The molecule has 0 spiro atoms. The Labute approximate surface area is 726 Å². The predicted molar refractivity (Wildman–Crippen MR) is 474 cm³/mol. The van der Waals surface area contributed by atoms with E-state index in [0.717, 1.165) is 143 Å². The molecular weight excluding hydrogens is 1620 g/mol. The lowest BCUT2D eigenvalue weighted by molar-refractivity contribution is 0.101. The van der Waals surface area contributed by atoms with E-state index >= 15 is 0 Å². The molecule has 9 heterocycles. The van der Waals surface area contributed by atoms with Gasteiger partial charge < -0.3 is 76.3 Å². The molecule has 3 aromatic heterocycles. The fourth-order valence-corrected chi connectivity index (χ4v) is 15.8. The number of pyridine rings is 3. The molecule has 6 aliphatic rings. The lowest BCUT2D eigenvalue weighted by atomic mass is 9.99. The minimum absolute atomic E-state index is 0.0154. The van der Waals surface area contributed by atoms with Crippen LogP contribution in [0.15, 0.2) is 219 Å². The van der Waals surface area contributed by atoms with Crippen molar-refractivity contribution in [3.05, 3.63) is 287 Å². The van der Waals surface area contributed by atoms with E-state index in [1.54, 1.807) is 123 Å². The topological polar surface area (TPSA) is 254 Å². The highest BCUT2D eigenvalue weighted by atomic mass is 19.2. The molecule has 27 heteroatoms. The zero-order valence-corrected chi connectivity index (χ0v) is 69.8. The zero-order valence-electron chi connectivity index (χ0n) is 69.8. The van der Waals surface area contributed by atoms with Crippen molar-refractivity contribution in [2.75, 3.05) is 94.5 Å². The number of rotatable bonds is 24. The molecule has 648 valence electrons. The molecule has 6 aliphatic heterocycles. The molecule has 6 fully saturated rings. The number of carbonyl (C=O) groups excluding carboxylic acids is 3. The van der Waals surface area contributed by atoms with Crippen molar-refractivity contribution in [1.82, 2.24) is 46.9 Å². The largest absolute Gasteiger partial charge is 0.488 e. The molecule has 9 N–H and O–H groups in total. The van der Waals surface area contributed by atoms with Crippen LogP contribution in [-0.4, -0.2) is 148 Å². The Balaban J connectivity index is 0.000000139. The van der Waals surface area contributed by atoms with Gasteiger partial charge in [-0.15, -0.1) is 0 Å². The summed E-state index contributed by atoms with van der Waals surface area (Å²) in [5.41, 5.74) is 13.0. The summed E-state index contributed by atoms with van der Waals surface area (Å²) in [7, 11) is 0. The Morgan fingerprint density at radius 1 is 0.302 bits per heavy atom. The first-order valence-corrected chi connectivity index (χ1v) is 42.5. The molecule has 126 heavy (non-hydrogen) atoms. The summed E-state index contributed by atoms with van der Waals surface area (Å²) in [5, 5.41) is 28.5. The summed E-state index contributed by atoms with van der Waals surface area (Å²) in [4.78, 5) is 54.0. The number of hydrogen-bond acceptors (Lipinski definition) is 18. The minimum atomic E-state index is -0.963. The predicted octanol–water partition coefficient (Wildman–Crippen LogP) is 17.2. The van der Waals surface area contributed by atoms with Crippen LogP contribution in [0.5, 0.6) is 34.9 Å². The number of hydrogen-bond donors (Lipinski definition) is 9. The molecule has 0 bridgehead atoms. The minimum Gasteiger partial charge on any atom is -0.488 e. The summed E-state index contributed by atoms with van der Waals surface area (Å²) >= 11 is 0. The fourth-order valence-electron chi connectivity index (χ4n) is 15.8. The smallest absolute Gasteiger partial charge is 0.257 e. The third-order valence-corrected chi connectivity index (χ3v) is 22.7. The SMILES string of the molecule is Cc1cc(-c2cc(C(=O)Nc3cnc(O[C@H]4CCNC4)c(-c4ccc(F)cc4)c3)ccc2O[C@H]2CCNC2)ccc1F.Cc1cc(-c2cc(C(=O)Nc3cnc(O[C@H]4CCNC4)c(-c4ccc(F)cc4)c3)cnc2O[C@H]2CCNC2)ccc1F.Cc1cccc(-c2cc(NC(=O)c3ccc(O[C@H]4CCNC4)c(-c4ccc(F)c(F)c4)c3)ccc2O[C@H]2CCNC2)c1. The first kappa shape index (κ1) is 86.5. The second-order valence-electron chi connectivity index (χ2n) is 32.1. The lowest BCUT2D eigenvalue weighted by Crippen LogP contribution is -2.21. The van der Waals surface area contributed by atoms with Crippen LogP contribution in [0, 0.1) is 55.7 Å². The molecule has 18 rings (SSSR count). The first-order valence-electron chi connectivity index (χ1n) is 42.5. The van der Waals surface area contributed by atoms with Gasteiger partial charge in [-0.05, 0) is 277 Å². The van der Waals surface area contributed by atoms with E-state index < -0.39 is 17.5 Å². The highest BCUT2D eigenvalue weighted by Gasteiger charge is 2.29. The van der Waals surface area contributed by atoms with E-state index in [1.807, 2.05) is 43.3 Å². The van der Waals surface area contributed by atoms with Crippen molar-refractivity contribution in [3.8, 4) is 102 Å². The Bertz CT molecular complexity index is 5660. The van der Waals surface area contributed by atoms with Gasteiger partial charge in [0.25, 0.3) is 17.7 Å². The second kappa shape index (κ2) is 40.3. The molecule has 0 radical (unpaired) electrons. The molecule has 6 atom stereocenters. The molecule has 6 saturated heterocycles. The third-order valence-electron chi connectivity index (χ3n) is 22.7. The van der Waals surface area contributed by atoms with Crippen molar-refractivity contribution < 1.29 is 69.1 Å². The molecule has 3 amide bonds. The summed E-state index contributed by atoms with van der Waals surface area (Å²) in [5.74, 6) is -1.17.